The maximum absolute atomic E-state index is 12.5. The summed E-state index contributed by atoms with van der Waals surface area (Å²) in [6.45, 7) is -0.687. The van der Waals surface area contributed by atoms with E-state index in [1.54, 1.807) is 10.7 Å². The van der Waals surface area contributed by atoms with E-state index in [1.807, 2.05) is 54.6 Å². The van der Waals surface area contributed by atoms with E-state index in [9.17, 15) is 14.4 Å². The minimum absolute atomic E-state index is 0.167. The number of nitrogens with one attached hydrogen (secondary N) is 1. The van der Waals surface area contributed by atoms with Gasteiger partial charge in [-0.3, -0.25) is 19.3 Å². The van der Waals surface area contributed by atoms with E-state index in [2.05, 4.69) is 10.4 Å². The van der Waals surface area contributed by atoms with E-state index in [0.717, 1.165) is 29.1 Å². The third-order valence-electron chi connectivity index (χ3n) is 5.45. The molecule has 2 aliphatic rings. The molecular formula is C24H22N4O4S. The maximum atomic E-state index is 12.5. The van der Waals surface area contributed by atoms with Crippen LogP contribution in [0.15, 0.2) is 65.6 Å². The number of hydrogen-bond donors (Lipinski definition) is 1. The van der Waals surface area contributed by atoms with Crippen LogP contribution in [-0.2, 0) is 19.1 Å². The van der Waals surface area contributed by atoms with Crippen molar-refractivity contribution >= 4 is 41.1 Å². The Balaban J connectivity index is 1.22. The summed E-state index contributed by atoms with van der Waals surface area (Å²) in [6.07, 6.45) is 2.18. The first-order valence-corrected chi connectivity index (χ1v) is 11.7. The maximum Gasteiger partial charge on any atom is 0.326 e. The largest absolute Gasteiger partial charge is 0.454 e. The van der Waals surface area contributed by atoms with E-state index < -0.39 is 18.5 Å². The summed E-state index contributed by atoms with van der Waals surface area (Å²) < 4.78 is 6.86. The van der Waals surface area contributed by atoms with Gasteiger partial charge in [0, 0.05) is 16.9 Å². The van der Waals surface area contributed by atoms with Crippen LogP contribution in [0.2, 0.25) is 0 Å². The zero-order valence-electron chi connectivity index (χ0n) is 17.8. The SMILES string of the molecule is O=C(COC(=O)CN1C(=O)CSc2ccccc21)Nc1cc(C2CC2)nn1-c1ccccc1. The van der Waals surface area contributed by atoms with Crippen LogP contribution in [0.3, 0.4) is 0 Å². The van der Waals surface area contributed by atoms with E-state index in [4.69, 9.17) is 4.74 Å². The van der Waals surface area contributed by atoms with Crippen LogP contribution in [0.4, 0.5) is 11.5 Å². The van der Waals surface area contributed by atoms with Crippen LogP contribution in [0, 0.1) is 0 Å². The van der Waals surface area contributed by atoms with Crippen LogP contribution in [0.1, 0.15) is 24.5 Å². The van der Waals surface area contributed by atoms with Gasteiger partial charge in [-0.15, -0.1) is 11.8 Å². The molecule has 0 saturated heterocycles. The summed E-state index contributed by atoms with van der Waals surface area (Å²) in [7, 11) is 0. The Bertz CT molecular complexity index is 1210. The molecule has 0 bridgehead atoms. The molecule has 168 valence electrons. The number of carbonyl (C=O) groups excluding carboxylic acids is 3. The number of nitrogens with zero attached hydrogens (tertiary/aromatic N) is 3. The van der Waals surface area contributed by atoms with Crippen molar-refractivity contribution in [1.82, 2.24) is 9.78 Å². The Morgan fingerprint density at radius 1 is 1.09 bits per heavy atom. The van der Waals surface area contributed by atoms with Gasteiger partial charge in [-0.1, -0.05) is 30.3 Å². The zero-order valence-corrected chi connectivity index (χ0v) is 18.6. The normalized spacial score (nSPS) is 15.2. The molecular weight excluding hydrogens is 440 g/mol. The van der Waals surface area contributed by atoms with Crippen LogP contribution in [0.5, 0.6) is 0 Å². The standard InChI is InChI=1S/C24H22N4O4S/c29-22(14-32-24(31)13-27-19-8-4-5-9-20(19)33-15-23(27)30)25-21-12-18(16-10-11-16)26-28(21)17-6-2-1-3-7-17/h1-9,12,16H,10-11,13-15H2,(H,25,29). The number of ether oxygens (including phenoxy) is 1. The molecule has 0 spiro atoms. The number of hydrogen-bond acceptors (Lipinski definition) is 6. The number of para-hydroxylation sites is 2. The number of fused-ring (bicyclic) bond motifs is 1. The Hall–Kier alpha value is -3.59. The lowest BCUT2D eigenvalue weighted by molar-refractivity contribution is -0.146. The lowest BCUT2D eigenvalue weighted by atomic mass is 10.2. The van der Waals surface area contributed by atoms with Crippen molar-refractivity contribution in [3.05, 3.63) is 66.4 Å². The molecule has 0 unspecified atom stereocenters. The molecule has 1 aliphatic heterocycles. The number of rotatable bonds is 7. The summed E-state index contributed by atoms with van der Waals surface area (Å²) in [5.74, 6) is -0.0658. The average Bonchev–Trinajstić information content (AvgIpc) is 3.60. The number of carbonyl (C=O) groups is 3. The predicted octanol–water partition coefficient (Wildman–Crippen LogP) is 3.37. The minimum atomic E-state index is -0.643. The molecule has 9 heteroatoms. The summed E-state index contributed by atoms with van der Waals surface area (Å²) >= 11 is 1.44. The van der Waals surface area contributed by atoms with Gasteiger partial charge >= 0.3 is 5.97 Å². The quantitative estimate of drug-likeness (QED) is 0.541. The third-order valence-corrected chi connectivity index (χ3v) is 6.50. The van der Waals surface area contributed by atoms with E-state index >= 15 is 0 Å². The number of esters is 1. The first-order chi connectivity index (χ1) is 16.1. The van der Waals surface area contributed by atoms with Crippen molar-refractivity contribution in [3.63, 3.8) is 0 Å². The Morgan fingerprint density at radius 3 is 2.64 bits per heavy atom. The number of benzene rings is 2. The first kappa shape index (κ1) is 21.3. The second-order valence-electron chi connectivity index (χ2n) is 7.92. The molecule has 1 fully saturated rings. The van der Waals surface area contributed by atoms with Crippen LogP contribution >= 0.6 is 11.8 Å². The van der Waals surface area contributed by atoms with Gasteiger partial charge in [-0.2, -0.15) is 5.10 Å². The molecule has 2 amide bonds. The van der Waals surface area contributed by atoms with Crippen molar-refractivity contribution in [2.45, 2.75) is 23.7 Å². The van der Waals surface area contributed by atoms with Crippen LogP contribution in [-0.4, -0.2) is 46.5 Å². The third kappa shape index (κ3) is 4.78. The topological polar surface area (TPSA) is 93.5 Å². The smallest absolute Gasteiger partial charge is 0.326 e. The highest BCUT2D eigenvalue weighted by Gasteiger charge is 2.29. The molecule has 0 radical (unpaired) electrons. The van der Waals surface area contributed by atoms with Crippen molar-refractivity contribution in [2.75, 3.05) is 29.1 Å². The van der Waals surface area contributed by atoms with Gasteiger partial charge in [0.05, 0.1) is 22.8 Å². The fraction of sp³-hybridized carbons (Fsp3) is 0.250. The summed E-state index contributed by atoms with van der Waals surface area (Å²) in [6, 6.07) is 18.8. The summed E-state index contributed by atoms with van der Waals surface area (Å²) in [4.78, 5) is 39.6. The minimum Gasteiger partial charge on any atom is -0.454 e. The Labute approximate surface area is 194 Å². The molecule has 33 heavy (non-hydrogen) atoms. The average molecular weight is 463 g/mol. The number of thioether (sulfide) groups is 1. The predicted molar refractivity (Wildman–Crippen MR) is 125 cm³/mol. The van der Waals surface area contributed by atoms with Crippen molar-refractivity contribution in [2.24, 2.45) is 0 Å². The van der Waals surface area contributed by atoms with Gasteiger partial charge < -0.3 is 10.1 Å². The van der Waals surface area contributed by atoms with Gasteiger partial charge in [0.2, 0.25) is 5.91 Å². The highest BCUT2D eigenvalue weighted by atomic mass is 32.2. The van der Waals surface area contributed by atoms with Crippen LogP contribution < -0.4 is 10.2 Å². The lowest BCUT2D eigenvalue weighted by Crippen LogP contribution is -2.40. The molecule has 3 aromatic rings. The van der Waals surface area contributed by atoms with Crippen molar-refractivity contribution < 1.29 is 19.1 Å². The van der Waals surface area contributed by atoms with E-state index in [0.29, 0.717) is 17.4 Å². The van der Waals surface area contributed by atoms with Crippen molar-refractivity contribution in [1.29, 1.82) is 0 Å². The molecule has 1 aromatic heterocycles. The molecule has 8 nitrogen and oxygen atoms in total. The number of anilines is 2. The van der Waals surface area contributed by atoms with Gasteiger partial charge in [0.15, 0.2) is 6.61 Å². The highest BCUT2D eigenvalue weighted by molar-refractivity contribution is 8.00. The van der Waals surface area contributed by atoms with E-state index in [1.165, 1.54) is 16.7 Å². The number of amides is 2. The molecule has 2 heterocycles. The van der Waals surface area contributed by atoms with Gasteiger partial charge in [0.1, 0.15) is 12.4 Å². The summed E-state index contributed by atoms with van der Waals surface area (Å²) in [5.41, 5.74) is 2.45. The van der Waals surface area contributed by atoms with Gasteiger partial charge in [-0.25, -0.2) is 4.68 Å². The van der Waals surface area contributed by atoms with Gasteiger partial charge in [0.25, 0.3) is 5.91 Å². The molecule has 1 N–H and O–H groups in total. The first-order valence-electron chi connectivity index (χ1n) is 10.7. The monoisotopic (exact) mass is 462 g/mol. The highest BCUT2D eigenvalue weighted by Crippen LogP contribution is 2.40. The van der Waals surface area contributed by atoms with Gasteiger partial charge in [-0.05, 0) is 37.1 Å². The second kappa shape index (κ2) is 9.11. The molecule has 5 rings (SSSR count). The fourth-order valence-electron chi connectivity index (χ4n) is 3.66. The Morgan fingerprint density at radius 2 is 1.85 bits per heavy atom. The number of aromatic nitrogens is 2. The second-order valence-corrected chi connectivity index (χ2v) is 8.94. The Kier molecular flexibility index (Phi) is 5.87. The summed E-state index contributed by atoms with van der Waals surface area (Å²) in [5, 5.41) is 7.44. The molecule has 0 atom stereocenters. The van der Waals surface area contributed by atoms with Crippen molar-refractivity contribution in [3.8, 4) is 5.69 Å². The molecule has 2 aromatic carbocycles. The van der Waals surface area contributed by atoms with E-state index in [-0.39, 0.29) is 18.2 Å². The zero-order chi connectivity index (χ0) is 22.8. The molecule has 1 aliphatic carbocycles. The van der Waals surface area contributed by atoms with Crippen LogP contribution in [0.25, 0.3) is 5.69 Å². The molecule has 1 saturated carbocycles. The lowest BCUT2D eigenvalue weighted by Gasteiger charge is -2.27. The fourth-order valence-corrected chi connectivity index (χ4v) is 4.60.